The SMILES string of the molecule is C=C(C)/C(=N\C=C/CCC)C(=C)C1CB(C#N)C1. The Morgan fingerprint density at radius 2 is 2.17 bits per heavy atom. The number of aliphatic imine (C=N–C) groups is 1. The van der Waals surface area contributed by atoms with Crippen LogP contribution in [0.25, 0.3) is 0 Å². The van der Waals surface area contributed by atoms with E-state index < -0.39 is 0 Å². The molecule has 94 valence electrons. The van der Waals surface area contributed by atoms with Crippen molar-refractivity contribution in [2.24, 2.45) is 10.9 Å². The topological polar surface area (TPSA) is 36.1 Å². The van der Waals surface area contributed by atoms with E-state index >= 15 is 0 Å². The molecule has 0 N–H and O–H groups in total. The van der Waals surface area contributed by atoms with Crippen molar-refractivity contribution in [3.05, 3.63) is 36.6 Å². The molecule has 0 amide bonds. The first-order chi connectivity index (χ1) is 8.60. The van der Waals surface area contributed by atoms with Crippen LogP contribution in [0.2, 0.25) is 12.6 Å². The summed E-state index contributed by atoms with van der Waals surface area (Å²) in [6, 6.07) is 0. The van der Waals surface area contributed by atoms with Gasteiger partial charge >= 0.3 is 0 Å². The predicted molar refractivity (Wildman–Crippen MR) is 79.9 cm³/mol. The summed E-state index contributed by atoms with van der Waals surface area (Å²) in [5.74, 6) is 2.70. The lowest BCUT2D eigenvalue weighted by Gasteiger charge is -2.30. The second-order valence-corrected chi connectivity index (χ2v) is 4.95. The molecule has 1 aliphatic heterocycles. The van der Waals surface area contributed by atoms with Crippen molar-refractivity contribution in [1.29, 1.82) is 5.26 Å². The van der Waals surface area contributed by atoms with Gasteiger partial charge in [-0.25, -0.2) is 5.26 Å². The van der Waals surface area contributed by atoms with Gasteiger partial charge in [0.05, 0.1) is 5.71 Å². The Balaban J connectivity index is 2.66. The lowest BCUT2D eigenvalue weighted by Crippen LogP contribution is -2.33. The first-order valence-corrected chi connectivity index (χ1v) is 6.57. The molecule has 3 heteroatoms. The van der Waals surface area contributed by atoms with Crippen molar-refractivity contribution in [2.45, 2.75) is 39.3 Å². The molecule has 0 bridgehead atoms. The van der Waals surface area contributed by atoms with Gasteiger partial charge in [0, 0.05) is 12.2 Å². The van der Waals surface area contributed by atoms with E-state index in [2.05, 4.69) is 37.1 Å². The molecule has 0 spiro atoms. The molecule has 1 rings (SSSR count). The summed E-state index contributed by atoms with van der Waals surface area (Å²) in [5.41, 5.74) is 2.89. The van der Waals surface area contributed by atoms with Crippen LogP contribution < -0.4 is 0 Å². The fraction of sp³-hybridized carbons (Fsp3) is 0.467. The van der Waals surface area contributed by atoms with Crippen LogP contribution in [0.1, 0.15) is 26.7 Å². The molecule has 1 aliphatic rings. The van der Waals surface area contributed by atoms with Crippen molar-refractivity contribution in [1.82, 2.24) is 0 Å². The minimum absolute atomic E-state index is 0.203. The standard InChI is InChI=1S/C15H21BN2/c1-5-6-7-8-18-15(12(2)3)13(4)14-9-16(10-14)11-17/h7-8,14H,2,4-6,9-10H2,1,3H3/b8-7-,18-15+. The molecular formula is C15H21BN2. The summed E-state index contributed by atoms with van der Waals surface area (Å²) in [5, 5.41) is 8.80. The Hall–Kier alpha value is -1.56. The zero-order chi connectivity index (χ0) is 13.5. The lowest BCUT2D eigenvalue weighted by molar-refractivity contribution is 0.716. The van der Waals surface area contributed by atoms with E-state index in [1.54, 1.807) is 0 Å². The minimum atomic E-state index is 0.203. The first-order valence-electron chi connectivity index (χ1n) is 6.57. The summed E-state index contributed by atoms with van der Waals surface area (Å²) in [7, 11) is 0. The van der Waals surface area contributed by atoms with Crippen molar-refractivity contribution in [3.8, 4) is 5.97 Å². The van der Waals surface area contributed by atoms with E-state index in [4.69, 9.17) is 5.26 Å². The molecule has 0 saturated carbocycles. The van der Waals surface area contributed by atoms with Gasteiger partial charge < -0.3 is 0 Å². The number of nitrogens with zero attached hydrogens (tertiary/aromatic N) is 2. The Labute approximate surface area is 111 Å². The molecule has 1 fully saturated rings. The van der Waals surface area contributed by atoms with E-state index in [1.807, 2.05) is 13.1 Å². The maximum Gasteiger partial charge on any atom is 0.269 e. The summed E-state index contributed by atoms with van der Waals surface area (Å²) in [6.07, 6.45) is 7.91. The number of hydrogen-bond acceptors (Lipinski definition) is 2. The highest BCUT2D eigenvalue weighted by Gasteiger charge is 2.35. The second kappa shape index (κ2) is 7.01. The highest BCUT2D eigenvalue weighted by molar-refractivity contribution is 6.70. The third-order valence-corrected chi connectivity index (χ3v) is 3.29. The maximum atomic E-state index is 8.80. The molecule has 0 aromatic rings. The summed E-state index contributed by atoms with van der Waals surface area (Å²) < 4.78 is 0. The molecule has 0 atom stereocenters. The Kier molecular flexibility index (Phi) is 5.65. The number of unbranched alkanes of at least 4 members (excludes halogenated alkanes) is 1. The zero-order valence-electron chi connectivity index (χ0n) is 11.4. The monoisotopic (exact) mass is 240 g/mol. The Bertz CT molecular complexity index is 420. The van der Waals surface area contributed by atoms with Crippen LogP contribution in [0.4, 0.5) is 0 Å². The van der Waals surface area contributed by atoms with Gasteiger partial charge in [0.2, 0.25) is 0 Å². The minimum Gasteiger partial charge on any atom is -0.257 e. The fourth-order valence-corrected chi connectivity index (χ4v) is 2.04. The Morgan fingerprint density at radius 3 is 2.67 bits per heavy atom. The van der Waals surface area contributed by atoms with Gasteiger partial charge in [-0.3, -0.25) is 4.99 Å². The van der Waals surface area contributed by atoms with E-state index in [0.29, 0.717) is 5.92 Å². The highest BCUT2D eigenvalue weighted by atomic mass is 14.7. The fourth-order valence-electron chi connectivity index (χ4n) is 2.04. The van der Waals surface area contributed by atoms with E-state index in [-0.39, 0.29) is 6.71 Å². The molecule has 18 heavy (non-hydrogen) atoms. The first kappa shape index (κ1) is 14.5. The summed E-state index contributed by atoms with van der Waals surface area (Å²) in [6.45, 7) is 12.4. The van der Waals surface area contributed by atoms with E-state index in [1.165, 1.54) is 0 Å². The highest BCUT2D eigenvalue weighted by Crippen LogP contribution is 2.35. The number of allylic oxidation sites excluding steroid dienone is 3. The molecule has 1 heterocycles. The lowest BCUT2D eigenvalue weighted by atomic mass is 9.32. The van der Waals surface area contributed by atoms with Gasteiger partial charge in [0.25, 0.3) is 6.71 Å². The van der Waals surface area contributed by atoms with Gasteiger partial charge in [-0.15, -0.1) is 0 Å². The van der Waals surface area contributed by atoms with Crippen LogP contribution in [0, 0.1) is 17.1 Å². The van der Waals surface area contributed by atoms with E-state index in [0.717, 1.165) is 42.3 Å². The zero-order valence-corrected chi connectivity index (χ0v) is 11.4. The number of hydrogen-bond donors (Lipinski definition) is 0. The van der Waals surface area contributed by atoms with Gasteiger partial charge in [-0.1, -0.05) is 45.2 Å². The number of rotatable bonds is 6. The van der Waals surface area contributed by atoms with Gasteiger partial charge in [-0.05, 0) is 30.4 Å². The maximum absolute atomic E-state index is 8.80. The predicted octanol–water partition coefficient (Wildman–Crippen LogP) is 4.06. The third-order valence-electron chi connectivity index (χ3n) is 3.29. The molecular weight excluding hydrogens is 219 g/mol. The molecule has 2 nitrogen and oxygen atoms in total. The summed E-state index contributed by atoms with van der Waals surface area (Å²) in [4.78, 5) is 4.47. The van der Waals surface area contributed by atoms with E-state index in [9.17, 15) is 0 Å². The van der Waals surface area contributed by atoms with Crippen LogP contribution in [0.15, 0.2) is 41.6 Å². The Morgan fingerprint density at radius 1 is 1.50 bits per heavy atom. The van der Waals surface area contributed by atoms with Crippen molar-refractivity contribution >= 4 is 12.4 Å². The third kappa shape index (κ3) is 3.73. The van der Waals surface area contributed by atoms with Crippen LogP contribution in [0.3, 0.4) is 0 Å². The van der Waals surface area contributed by atoms with Crippen molar-refractivity contribution < 1.29 is 0 Å². The second-order valence-electron chi connectivity index (χ2n) is 4.95. The molecule has 1 saturated heterocycles. The number of nitriles is 1. The van der Waals surface area contributed by atoms with Gasteiger partial charge in [0.15, 0.2) is 0 Å². The molecule has 0 unspecified atom stereocenters. The molecule has 0 aliphatic carbocycles. The average Bonchev–Trinajstić information content (AvgIpc) is 2.27. The van der Waals surface area contributed by atoms with Crippen LogP contribution >= 0.6 is 0 Å². The largest absolute Gasteiger partial charge is 0.269 e. The quantitative estimate of drug-likeness (QED) is 0.509. The van der Waals surface area contributed by atoms with Crippen LogP contribution in [-0.4, -0.2) is 12.4 Å². The normalized spacial score (nSPS) is 16.5. The summed E-state index contributed by atoms with van der Waals surface area (Å²) >= 11 is 0. The van der Waals surface area contributed by atoms with Gasteiger partial charge in [-0.2, -0.15) is 0 Å². The van der Waals surface area contributed by atoms with Crippen molar-refractivity contribution in [2.75, 3.05) is 0 Å². The van der Waals surface area contributed by atoms with Crippen LogP contribution in [-0.2, 0) is 0 Å². The van der Waals surface area contributed by atoms with Gasteiger partial charge in [0.1, 0.15) is 0 Å². The average molecular weight is 240 g/mol. The molecule has 0 radical (unpaired) electrons. The van der Waals surface area contributed by atoms with Crippen LogP contribution in [0.5, 0.6) is 0 Å². The van der Waals surface area contributed by atoms with Crippen molar-refractivity contribution in [3.63, 3.8) is 0 Å². The smallest absolute Gasteiger partial charge is 0.257 e. The molecule has 0 aromatic heterocycles. The molecule has 0 aromatic carbocycles.